The van der Waals surface area contributed by atoms with Crippen molar-refractivity contribution in [2.24, 2.45) is 0 Å². The Balaban J connectivity index is 2.09. The molecule has 0 saturated carbocycles. The molecular weight excluding hydrogens is 236 g/mol. The van der Waals surface area contributed by atoms with Gasteiger partial charge >= 0.3 is 0 Å². The summed E-state index contributed by atoms with van der Waals surface area (Å²) in [4.78, 5) is 0. The fourth-order valence-electron chi connectivity index (χ4n) is 3.33. The predicted molar refractivity (Wildman–Crippen MR) is 81.2 cm³/mol. The summed E-state index contributed by atoms with van der Waals surface area (Å²) in [6.45, 7) is 9.49. The first-order chi connectivity index (χ1) is 8.45. The molecule has 2 rings (SSSR count). The standard InChI is InChI=1S/C16H26OSi/c1-5-14-11-12-16(2,17-14)13-18(3,4)15-9-7-6-8-10-15/h6-10,14H,5,11-13H2,1-4H3/t14-,16-/m0/s1. The lowest BCUT2D eigenvalue weighted by molar-refractivity contribution is -0.0168. The van der Waals surface area contributed by atoms with Gasteiger partial charge in [0.15, 0.2) is 0 Å². The number of ether oxygens (including phenoxy) is 1. The van der Waals surface area contributed by atoms with Gasteiger partial charge in [0.05, 0.1) is 19.8 Å². The highest BCUT2D eigenvalue weighted by atomic mass is 28.3. The Hall–Kier alpha value is -0.603. The van der Waals surface area contributed by atoms with Crippen molar-refractivity contribution in [2.45, 2.75) is 64.0 Å². The van der Waals surface area contributed by atoms with Crippen LogP contribution in [0.15, 0.2) is 30.3 Å². The van der Waals surface area contributed by atoms with Crippen molar-refractivity contribution >= 4 is 13.3 Å². The Kier molecular flexibility index (Phi) is 3.98. The average molecular weight is 262 g/mol. The van der Waals surface area contributed by atoms with Crippen LogP contribution in [0.3, 0.4) is 0 Å². The minimum Gasteiger partial charge on any atom is -0.372 e. The molecule has 0 bridgehead atoms. The SMILES string of the molecule is CC[C@H]1CC[C@@](C)(C[Si](C)(C)c2ccccc2)O1. The van der Waals surface area contributed by atoms with E-state index in [9.17, 15) is 0 Å². The lowest BCUT2D eigenvalue weighted by Gasteiger charge is -2.34. The van der Waals surface area contributed by atoms with Crippen LogP contribution in [0.1, 0.15) is 33.1 Å². The van der Waals surface area contributed by atoms with Crippen LogP contribution < -0.4 is 5.19 Å². The Bertz CT molecular complexity index is 387. The molecule has 0 amide bonds. The smallest absolute Gasteiger partial charge is 0.0834 e. The van der Waals surface area contributed by atoms with Gasteiger partial charge in [-0.15, -0.1) is 0 Å². The zero-order valence-electron chi connectivity index (χ0n) is 12.2. The Morgan fingerprint density at radius 3 is 2.50 bits per heavy atom. The molecule has 0 radical (unpaired) electrons. The second kappa shape index (κ2) is 5.18. The van der Waals surface area contributed by atoms with Crippen LogP contribution in [0.2, 0.25) is 19.1 Å². The molecule has 1 heterocycles. The molecule has 2 atom stereocenters. The van der Waals surface area contributed by atoms with Crippen molar-refractivity contribution in [2.75, 3.05) is 0 Å². The lowest BCUT2D eigenvalue weighted by atomic mass is 10.0. The van der Waals surface area contributed by atoms with E-state index in [2.05, 4.69) is 57.3 Å². The highest BCUT2D eigenvalue weighted by Crippen LogP contribution is 2.37. The van der Waals surface area contributed by atoms with Gasteiger partial charge in [0, 0.05) is 0 Å². The summed E-state index contributed by atoms with van der Waals surface area (Å²) < 4.78 is 6.29. The molecule has 1 aliphatic heterocycles. The molecule has 1 fully saturated rings. The minimum atomic E-state index is -1.38. The van der Waals surface area contributed by atoms with Crippen LogP contribution in [0.5, 0.6) is 0 Å². The second-order valence-electron chi connectivity index (χ2n) is 6.56. The molecule has 1 nitrogen and oxygen atoms in total. The van der Waals surface area contributed by atoms with Gasteiger partial charge in [-0.3, -0.25) is 0 Å². The third kappa shape index (κ3) is 3.04. The van der Waals surface area contributed by atoms with E-state index in [0.717, 1.165) is 6.42 Å². The molecule has 0 unspecified atom stereocenters. The van der Waals surface area contributed by atoms with Crippen molar-refractivity contribution < 1.29 is 4.74 Å². The Labute approximate surface area is 113 Å². The van der Waals surface area contributed by atoms with Crippen LogP contribution in [-0.2, 0) is 4.74 Å². The Morgan fingerprint density at radius 2 is 1.94 bits per heavy atom. The first-order valence-electron chi connectivity index (χ1n) is 7.18. The summed E-state index contributed by atoms with van der Waals surface area (Å²) in [5, 5.41) is 1.55. The van der Waals surface area contributed by atoms with Crippen molar-refractivity contribution in [1.29, 1.82) is 0 Å². The quantitative estimate of drug-likeness (QED) is 0.747. The van der Waals surface area contributed by atoms with E-state index in [0.29, 0.717) is 6.10 Å². The molecule has 1 aromatic carbocycles. The summed E-state index contributed by atoms with van der Waals surface area (Å²) in [6.07, 6.45) is 4.12. The number of rotatable bonds is 4. The maximum absolute atomic E-state index is 6.29. The summed E-state index contributed by atoms with van der Waals surface area (Å²) >= 11 is 0. The highest BCUT2D eigenvalue weighted by molar-refractivity contribution is 6.90. The molecular formula is C16H26OSi. The molecule has 1 saturated heterocycles. The summed E-state index contributed by atoms with van der Waals surface area (Å²) in [5.74, 6) is 0. The third-order valence-electron chi connectivity index (χ3n) is 4.27. The topological polar surface area (TPSA) is 9.23 Å². The van der Waals surface area contributed by atoms with Crippen molar-refractivity contribution in [3.8, 4) is 0 Å². The predicted octanol–water partition coefficient (Wildman–Crippen LogP) is 3.95. The van der Waals surface area contributed by atoms with E-state index in [1.807, 2.05) is 0 Å². The monoisotopic (exact) mass is 262 g/mol. The van der Waals surface area contributed by atoms with Crippen LogP contribution in [0.25, 0.3) is 0 Å². The van der Waals surface area contributed by atoms with Gasteiger partial charge in [-0.2, -0.15) is 0 Å². The number of hydrogen-bond donors (Lipinski definition) is 0. The maximum atomic E-state index is 6.29. The van der Waals surface area contributed by atoms with Gasteiger partial charge in [-0.05, 0) is 32.2 Å². The van der Waals surface area contributed by atoms with E-state index >= 15 is 0 Å². The van der Waals surface area contributed by atoms with Crippen LogP contribution in [-0.4, -0.2) is 19.8 Å². The van der Waals surface area contributed by atoms with Crippen molar-refractivity contribution in [3.63, 3.8) is 0 Å². The third-order valence-corrected chi connectivity index (χ3v) is 7.80. The largest absolute Gasteiger partial charge is 0.372 e. The van der Waals surface area contributed by atoms with E-state index < -0.39 is 8.07 Å². The fraction of sp³-hybridized carbons (Fsp3) is 0.625. The Morgan fingerprint density at radius 1 is 1.28 bits per heavy atom. The number of benzene rings is 1. The molecule has 18 heavy (non-hydrogen) atoms. The molecule has 0 aliphatic carbocycles. The highest BCUT2D eigenvalue weighted by Gasteiger charge is 2.40. The van der Waals surface area contributed by atoms with Gasteiger partial charge < -0.3 is 4.74 Å². The first-order valence-corrected chi connectivity index (χ1v) is 10.4. The van der Waals surface area contributed by atoms with E-state index in [4.69, 9.17) is 4.74 Å². The zero-order chi connectivity index (χ0) is 13.2. The molecule has 0 N–H and O–H groups in total. The van der Waals surface area contributed by atoms with Crippen LogP contribution in [0.4, 0.5) is 0 Å². The van der Waals surface area contributed by atoms with Crippen LogP contribution >= 0.6 is 0 Å². The normalized spacial score (nSPS) is 28.6. The van der Waals surface area contributed by atoms with E-state index in [1.54, 1.807) is 5.19 Å². The molecule has 100 valence electrons. The van der Waals surface area contributed by atoms with Crippen molar-refractivity contribution in [1.82, 2.24) is 0 Å². The zero-order valence-corrected chi connectivity index (χ0v) is 13.2. The average Bonchev–Trinajstić information content (AvgIpc) is 2.71. The van der Waals surface area contributed by atoms with E-state index in [-0.39, 0.29) is 5.60 Å². The van der Waals surface area contributed by atoms with Gasteiger partial charge in [0.1, 0.15) is 0 Å². The lowest BCUT2D eigenvalue weighted by Crippen LogP contribution is -2.47. The van der Waals surface area contributed by atoms with Gasteiger partial charge in [-0.1, -0.05) is 55.5 Å². The summed E-state index contributed by atoms with van der Waals surface area (Å²) in [5.41, 5.74) is 0.117. The second-order valence-corrected chi connectivity index (χ2v) is 11.3. The molecule has 0 aromatic heterocycles. The van der Waals surface area contributed by atoms with Crippen molar-refractivity contribution in [3.05, 3.63) is 30.3 Å². The molecule has 0 spiro atoms. The number of hydrogen-bond acceptors (Lipinski definition) is 1. The van der Waals surface area contributed by atoms with Gasteiger partial charge in [-0.25, -0.2) is 0 Å². The van der Waals surface area contributed by atoms with Gasteiger partial charge in [0.25, 0.3) is 0 Å². The maximum Gasteiger partial charge on any atom is 0.0834 e. The van der Waals surface area contributed by atoms with Crippen LogP contribution in [0, 0.1) is 0 Å². The molecule has 2 heteroatoms. The first kappa shape index (κ1) is 13.8. The molecule has 1 aliphatic rings. The van der Waals surface area contributed by atoms with E-state index in [1.165, 1.54) is 18.9 Å². The van der Waals surface area contributed by atoms with Gasteiger partial charge in [0.2, 0.25) is 0 Å². The summed E-state index contributed by atoms with van der Waals surface area (Å²) in [7, 11) is -1.38. The fourth-order valence-corrected chi connectivity index (χ4v) is 6.76. The summed E-state index contributed by atoms with van der Waals surface area (Å²) in [6, 6.07) is 12.3. The minimum absolute atomic E-state index is 0.117. The molecule has 1 aromatic rings.